The van der Waals surface area contributed by atoms with E-state index in [4.69, 9.17) is 14.6 Å². The van der Waals surface area contributed by atoms with Crippen LogP contribution in [0.5, 0.6) is 0 Å². The predicted molar refractivity (Wildman–Crippen MR) is 116 cm³/mol. The Kier molecular flexibility index (Phi) is 21.0. The third-order valence-electron chi connectivity index (χ3n) is 4.84. The van der Waals surface area contributed by atoms with Gasteiger partial charge in [-0.25, -0.2) is 0 Å². The van der Waals surface area contributed by atoms with Gasteiger partial charge in [0, 0.05) is 6.42 Å². The maximum absolute atomic E-state index is 11.0. The largest absolute Gasteiger partial charge is 0.469 e. The normalized spacial score (nSPS) is 13.7. The van der Waals surface area contributed by atoms with Crippen LogP contribution in [-0.4, -0.2) is 61.9 Å². The van der Waals surface area contributed by atoms with Crippen LogP contribution in [0.4, 0.5) is 0 Å². The number of aliphatic hydroxyl groups excluding tert-OH is 2. The maximum Gasteiger partial charge on any atom is 0.305 e. The molecule has 0 bridgehead atoms. The second-order valence-corrected chi connectivity index (χ2v) is 7.40. The van der Waals surface area contributed by atoms with Crippen LogP contribution in [0.15, 0.2) is 12.2 Å². The second-order valence-electron chi connectivity index (χ2n) is 7.40. The van der Waals surface area contributed by atoms with E-state index >= 15 is 0 Å². The molecule has 6 nitrogen and oxygen atoms in total. The first-order chi connectivity index (χ1) is 14.2. The topological polar surface area (TPSA) is 85.2 Å². The molecule has 0 saturated carbocycles. The van der Waals surface area contributed by atoms with Gasteiger partial charge in [0.2, 0.25) is 0 Å². The minimum absolute atomic E-state index is 0.0147. The van der Waals surface area contributed by atoms with Gasteiger partial charge in [-0.2, -0.15) is 0 Å². The molecular formula is C23H44O6. The minimum atomic E-state index is -0.501. The van der Waals surface area contributed by atoms with Crippen molar-refractivity contribution in [1.29, 1.82) is 0 Å². The lowest BCUT2D eigenvalue weighted by Crippen LogP contribution is -2.30. The lowest BCUT2D eigenvalue weighted by molar-refractivity contribution is -0.140. The summed E-state index contributed by atoms with van der Waals surface area (Å²) in [7, 11) is 1.43. The van der Waals surface area contributed by atoms with Crippen LogP contribution in [0.2, 0.25) is 0 Å². The zero-order valence-electron chi connectivity index (χ0n) is 18.7. The van der Waals surface area contributed by atoms with Gasteiger partial charge in [0.05, 0.1) is 45.7 Å². The Morgan fingerprint density at radius 2 is 1.72 bits per heavy atom. The Labute approximate surface area is 177 Å². The molecule has 6 heteroatoms. The van der Waals surface area contributed by atoms with Crippen molar-refractivity contribution in [1.82, 2.24) is 0 Å². The van der Waals surface area contributed by atoms with Crippen LogP contribution in [0.25, 0.3) is 0 Å². The Bertz CT molecular complexity index is 386. The van der Waals surface area contributed by atoms with Crippen molar-refractivity contribution in [2.75, 3.05) is 33.5 Å². The molecule has 0 radical (unpaired) electrons. The number of methoxy groups -OCH3 is 1. The summed E-state index contributed by atoms with van der Waals surface area (Å²) >= 11 is 0. The zero-order chi connectivity index (χ0) is 21.6. The van der Waals surface area contributed by atoms with E-state index < -0.39 is 6.10 Å². The van der Waals surface area contributed by atoms with Gasteiger partial charge in [-0.3, -0.25) is 4.79 Å². The monoisotopic (exact) mass is 416 g/mol. The van der Waals surface area contributed by atoms with E-state index in [0.717, 1.165) is 64.2 Å². The number of esters is 1. The average Bonchev–Trinajstić information content (AvgIpc) is 2.73. The third-order valence-corrected chi connectivity index (χ3v) is 4.84. The highest BCUT2D eigenvalue weighted by Crippen LogP contribution is 2.14. The van der Waals surface area contributed by atoms with Crippen molar-refractivity contribution >= 4 is 5.97 Å². The van der Waals surface area contributed by atoms with Crippen molar-refractivity contribution in [3.8, 4) is 0 Å². The summed E-state index contributed by atoms with van der Waals surface area (Å²) in [6.45, 7) is 3.37. The molecule has 0 heterocycles. The number of unbranched alkanes of at least 4 members (excludes halogenated alkanes) is 7. The van der Waals surface area contributed by atoms with Gasteiger partial charge in [0.25, 0.3) is 0 Å². The average molecular weight is 417 g/mol. The molecule has 0 aliphatic carbocycles. The van der Waals surface area contributed by atoms with E-state index in [0.29, 0.717) is 32.7 Å². The SMILES string of the molecule is CCCCCC(OCCOCCO)C(O)C/C=C/CCCCCCCC(=O)OC. The number of carbonyl (C=O) groups is 1. The Balaban J connectivity index is 3.89. The first-order valence-corrected chi connectivity index (χ1v) is 11.4. The molecule has 0 aromatic rings. The lowest BCUT2D eigenvalue weighted by Gasteiger charge is -2.22. The fourth-order valence-corrected chi connectivity index (χ4v) is 3.08. The highest BCUT2D eigenvalue weighted by molar-refractivity contribution is 5.68. The van der Waals surface area contributed by atoms with E-state index in [1.165, 1.54) is 7.11 Å². The molecule has 29 heavy (non-hydrogen) atoms. The van der Waals surface area contributed by atoms with E-state index in [9.17, 15) is 9.90 Å². The Morgan fingerprint density at radius 1 is 0.966 bits per heavy atom. The molecule has 2 unspecified atom stereocenters. The van der Waals surface area contributed by atoms with Crippen LogP contribution in [0.1, 0.15) is 84.0 Å². The van der Waals surface area contributed by atoms with Crippen molar-refractivity contribution < 1.29 is 29.2 Å². The van der Waals surface area contributed by atoms with Crippen LogP contribution in [0, 0.1) is 0 Å². The van der Waals surface area contributed by atoms with E-state index in [2.05, 4.69) is 23.8 Å². The summed E-state index contributed by atoms with van der Waals surface area (Å²) in [6, 6.07) is 0. The molecule has 0 aromatic carbocycles. The molecule has 0 aliphatic heterocycles. The molecule has 172 valence electrons. The van der Waals surface area contributed by atoms with Crippen LogP contribution in [-0.2, 0) is 19.0 Å². The molecule has 0 aromatic heterocycles. The molecule has 0 amide bonds. The van der Waals surface area contributed by atoms with E-state index in [1.807, 2.05) is 0 Å². The predicted octanol–water partition coefficient (Wildman–Crippen LogP) is 4.17. The zero-order valence-corrected chi connectivity index (χ0v) is 18.7. The molecule has 2 atom stereocenters. The van der Waals surface area contributed by atoms with Crippen molar-refractivity contribution in [2.24, 2.45) is 0 Å². The number of aliphatic hydroxyl groups is 2. The second kappa shape index (κ2) is 21.8. The first kappa shape index (κ1) is 28.1. The van der Waals surface area contributed by atoms with Gasteiger partial charge in [-0.1, -0.05) is 57.6 Å². The van der Waals surface area contributed by atoms with Crippen LogP contribution in [0.3, 0.4) is 0 Å². The highest BCUT2D eigenvalue weighted by Gasteiger charge is 2.18. The minimum Gasteiger partial charge on any atom is -0.469 e. The van der Waals surface area contributed by atoms with Gasteiger partial charge in [-0.05, 0) is 32.1 Å². The lowest BCUT2D eigenvalue weighted by atomic mass is 10.0. The molecule has 0 rings (SSSR count). The summed E-state index contributed by atoms with van der Waals surface area (Å²) in [4.78, 5) is 11.0. The number of carbonyl (C=O) groups excluding carboxylic acids is 1. The number of ether oxygens (including phenoxy) is 3. The smallest absolute Gasteiger partial charge is 0.305 e. The van der Waals surface area contributed by atoms with Crippen molar-refractivity contribution in [2.45, 2.75) is 96.2 Å². The molecule has 0 aliphatic rings. The quantitative estimate of drug-likeness (QED) is 0.166. The molecule has 0 saturated heterocycles. The van der Waals surface area contributed by atoms with Gasteiger partial charge < -0.3 is 24.4 Å². The van der Waals surface area contributed by atoms with Crippen molar-refractivity contribution in [3.63, 3.8) is 0 Å². The van der Waals surface area contributed by atoms with Gasteiger partial charge in [0.15, 0.2) is 0 Å². The van der Waals surface area contributed by atoms with E-state index in [-0.39, 0.29) is 18.7 Å². The number of hydrogen-bond acceptors (Lipinski definition) is 6. The molecular weight excluding hydrogens is 372 g/mol. The summed E-state index contributed by atoms with van der Waals surface area (Å²) in [5.74, 6) is -0.124. The molecule has 2 N–H and O–H groups in total. The first-order valence-electron chi connectivity index (χ1n) is 11.4. The van der Waals surface area contributed by atoms with Gasteiger partial charge >= 0.3 is 5.97 Å². The molecule has 0 fully saturated rings. The summed E-state index contributed by atoms with van der Waals surface area (Å²) in [6.07, 6.45) is 15.3. The highest BCUT2D eigenvalue weighted by atomic mass is 16.5. The number of allylic oxidation sites excluding steroid dienone is 1. The van der Waals surface area contributed by atoms with Gasteiger partial charge in [0.1, 0.15) is 0 Å². The van der Waals surface area contributed by atoms with Crippen LogP contribution >= 0.6 is 0 Å². The number of hydrogen-bond donors (Lipinski definition) is 2. The number of rotatable bonds is 21. The Morgan fingerprint density at radius 3 is 2.45 bits per heavy atom. The van der Waals surface area contributed by atoms with Crippen molar-refractivity contribution in [3.05, 3.63) is 12.2 Å². The fourth-order valence-electron chi connectivity index (χ4n) is 3.08. The Hall–Kier alpha value is -0.950. The van der Waals surface area contributed by atoms with Gasteiger partial charge in [-0.15, -0.1) is 0 Å². The third kappa shape index (κ3) is 18.8. The fraction of sp³-hybridized carbons (Fsp3) is 0.870. The summed E-state index contributed by atoms with van der Waals surface area (Å²) < 4.78 is 15.7. The maximum atomic E-state index is 11.0. The molecule has 0 spiro atoms. The standard InChI is InChI=1S/C23H44O6/c1-3-4-11-15-22(29-20-19-28-18-17-24)21(25)14-12-9-7-5-6-8-10-13-16-23(26)27-2/h9,12,21-22,24-25H,3-8,10-11,13-20H2,1-2H3/b12-9+. The summed E-state index contributed by atoms with van der Waals surface area (Å²) in [5.41, 5.74) is 0. The summed E-state index contributed by atoms with van der Waals surface area (Å²) in [5, 5.41) is 19.2. The van der Waals surface area contributed by atoms with E-state index in [1.54, 1.807) is 0 Å². The van der Waals surface area contributed by atoms with Crippen LogP contribution < -0.4 is 0 Å².